The number of amides is 1. The van der Waals surface area contributed by atoms with Crippen LogP contribution in [-0.2, 0) is 33.3 Å². The second-order valence-electron chi connectivity index (χ2n) is 17.2. The zero-order chi connectivity index (χ0) is 41.3. The molecular formula is C43H61N3O10. The van der Waals surface area contributed by atoms with Crippen LogP contribution < -0.4 is 5.32 Å². The fourth-order valence-corrected chi connectivity index (χ4v) is 9.25. The van der Waals surface area contributed by atoms with Gasteiger partial charge in [0.1, 0.15) is 18.0 Å². The summed E-state index contributed by atoms with van der Waals surface area (Å²) in [6, 6.07) is 8.69. The average molecular weight is 780 g/mol. The number of esters is 1. The highest BCUT2D eigenvalue weighted by Crippen LogP contribution is 2.45. The van der Waals surface area contributed by atoms with E-state index in [1.54, 1.807) is 33.9 Å². The second kappa shape index (κ2) is 17.0. The van der Waals surface area contributed by atoms with Crippen LogP contribution >= 0.6 is 0 Å². The Morgan fingerprint density at radius 3 is 2.43 bits per heavy atom. The largest absolute Gasteiger partial charge is 0.456 e. The number of aliphatic hydroxyl groups is 2. The number of carbonyl (C=O) groups is 4. The first kappa shape index (κ1) is 43.4. The third-order valence-electron chi connectivity index (χ3n) is 12.5. The minimum atomic E-state index is -2.64. The molecule has 0 radical (unpaired) electrons. The number of para-hydroxylation sites is 1. The van der Waals surface area contributed by atoms with Crippen LogP contribution in [0, 0.1) is 23.2 Å². The Balaban J connectivity index is 1.58. The van der Waals surface area contributed by atoms with Crippen LogP contribution in [0.5, 0.6) is 0 Å². The molecule has 0 saturated carbocycles. The van der Waals surface area contributed by atoms with Gasteiger partial charge >= 0.3 is 12.1 Å². The Hall–Kier alpha value is -3.75. The summed E-state index contributed by atoms with van der Waals surface area (Å²) in [6.07, 6.45) is 2.12. The van der Waals surface area contributed by atoms with Gasteiger partial charge < -0.3 is 39.4 Å². The zero-order valence-electron chi connectivity index (χ0n) is 34.5. The molecule has 2 aromatic rings. The molecule has 0 bridgehead atoms. The smallest absolute Gasteiger partial charge is 0.408 e. The number of cyclic esters (lactones) is 1. The molecule has 0 aliphatic carbocycles. The van der Waals surface area contributed by atoms with Gasteiger partial charge in [-0.2, -0.15) is 0 Å². The number of hydrogen-bond acceptors (Lipinski definition) is 12. The maximum atomic E-state index is 14.6. The van der Waals surface area contributed by atoms with Gasteiger partial charge in [0.15, 0.2) is 17.7 Å². The van der Waals surface area contributed by atoms with Gasteiger partial charge in [0, 0.05) is 35.4 Å². The van der Waals surface area contributed by atoms with Crippen molar-refractivity contribution in [2.45, 2.75) is 141 Å². The lowest BCUT2D eigenvalue weighted by atomic mass is 9.66. The molecule has 308 valence electrons. The van der Waals surface area contributed by atoms with Crippen molar-refractivity contribution < 1.29 is 48.3 Å². The second-order valence-corrected chi connectivity index (χ2v) is 17.2. The number of nitrogens with one attached hydrogen (secondary N) is 1. The first-order chi connectivity index (χ1) is 26.2. The number of carbonyl (C=O) groups excluding carboxylic acids is 4. The van der Waals surface area contributed by atoms with E-state index in [9.17, 15) is 29.4 Å². The lowest BCUT2D eigenvalue weighted by Crippen LogP contribution is -2.60. The van der Waals surface area contributed by atoms with E-state index in [-0.39, 0.29) is 30.8 Å². The molecule has 3 aliphatic heterocycles. The first-order valence-electron chi connectivity index (χ1n) is 19.9. The van der Waals surface area contributed by atoms with Gasteiger partial charge in [0.2, 0.25) is 5.60 Å². The van der Waals surface area contributed by atoms with E-state index in [4.69, 9.17) is 18.9 Å². The molecule has 13 heteroatoms. The number of fused-ring (bicyclic) bond motifs is 2. The number of hydrogen-bond donors (Lipinski definition) is 3. The van der Waals surface area contributed by atoms with E-state index >= 15 is 0 Å². The predicted octanol–water partition coefficient (Wildman–Crippen LogP) is 5.24. The number of ether oxygens (including phenoxy) is 4. The number of allylic oxidation sites excluding steroid dienone is 1. The standard InChI is InChI=1S/C43H61N3O10/c1-11-32-43(8)35(45-40(51)56-43)26(4)33(47)24(2)22-41(6,19-15-14-16-28-21-29-17-12-13-18-30(29)44-23-28)37(27(5)36(49)42(7,52)39(50)54-32)55-38-34(48)31(46(9)10)20-25(3)53-38/h12-14,16-18,21,23-27,31-32,34-35,37-38,48,52H,11,15,19-20,22H2,1-10H3,(H,45,51)/b16-14+/t24-,25-,26+,27+,31+,32-,34-,35-,37-,38+,41+,42+,43-/m1/s1. The SMILES string of the molecule is CC[C@H]1OC(=O)[C@@](C)(O)C(=O)[C@H](C)[C@@H](O[C@@H]2O[C@H](C)C[C@H](N(C)C)[C@H]2O)[C@@](C)(CC/C=C/c2cnc3ccccc3c2)C[C@@H](C)C(=O)[C@H](C)[C@H]2NC(=O)O[C@@]21C. The fraction of sp³-hybridized carbons (Fsp3) is 0.651. The van der Waals surface area contributed by atoms with E-state index in [0.29, 0.717) is 19.3 Å². The molecular weight excluding hydrogens is 718 g/mol. The maximum absolute atomic E-state index is 14.6. The van der Waals surface area contributed by atoms with Crippen molar-refractivity contribution in [1.29, 1.82) is 0 Å². The third kappa shape index (κ3) is 8.72. The number of rotatable bonds is 8. The molecule has 3 aliphatic rings. The summed E-state index contributed by atoms with van der Waals surface area (Å²) in [5.41, 5.74) is -3.31. The molecule has 1 aromatic carbocycles. The Kier molecular flexibility index (Phi) is 13.2. The molecule has 3 N–H and O–H groups in total. The van der Waals surface area contributed by atoms with Crippen LogP contribution in [0.2, 0.25) is 0 Å². The molecule has 1 amide bonds. The normalized spacial score (nSPS) is 38.9. The van der Waals surface area contributed by atoms with Gasteiger partial charge in [-0.05, 0) is 90.1 Å². The van der Waals surface area contributed by atoms with Crippen molar-refractivity contribution in [1.82, 2.24) is 15.2 Å². The minimum absolute atomic E-state index is 0.158. The van der Waals surface area contributed by atoms with Crippen molar-refractivity contribution >= 4 is 40.6 Å². The van der Waals surface area contributed by atoms with Crippen LogP contribution in [0.25, 0.3) is 17.0 Å². The summed E-state index contributed by atoms with van der Waals surface area (Å²) in [6.45, 7) is 13.4. The number of likely N-dealkylation sites (N-methyl/N-ethyl adjacent to an activating group) is 1. The number of aliphatic hydroxyl groups excluding tert-OH is 1. The van der Waals surface area contributed by atoms with Crippen molar-refractivity contribution in [3.05, 3.63) is 48.2 Å². The summed E-state index contributed by atoms with van der Waals surface area (Å²) < 4.78 is 24.6. The van der Waals surface area contributed by atoms with E-state index in [2.05, 4.69) is 10.3 Å². The fourth-order valence-electron chi connectivity index (χ4n) is 9.25. The molecule has 56 heavy (non-hydrogen) atoms. The van der Waals surface area contributed by atoms with E-state index < -0.39 is 82.9 Å². The van der Waals surface area contributed by atoms with Crippen LogP contribution in [-0.4, -0.2) is 112 Å². The number of Topliss-reactive ketones (excluding diaryl/α,β-unsaturated/α-hetero) is 2. The van der Waals surface area contributed by atoms with Crippen molar-refractivity contribution in [3.63, 3.8) is 0 Å². The number of benzene rings is 1. The molecule has 5 rings (SSSR count). The summed E-state index contributed by atoms with van der Waals surface area (Å²) in [4.78, 5) is 62.2. The van der Waals surface area contributed by atoms with Crippen LogP contribution in [0.4, 0.5) is 4.79 Å². The quantitative estimate of drug-likeness (QED) is 0.236. The average Bonchev–Trinajstić information content (AvgIpc) is 3.47. The topological polar surface area (TPSA) is 174 Å². The van der Waals surface area contributed by atoms with Crippen LogP contribution in [0.15, 0.2) is 42.6 Å². The molecule has 13 nitrogen and oxygen atoms in total. The van der Waals surface area contributed by atoms with Crippen molar-refractivity contribution in [2.75, 3.05) is 14.1 Å². The molecule has 0 unspecified atom stereocenters. The Labute approximate surface area is 330 Å². The van der Waals surface area contributed by atoms with Gasteiger partial charge in [0.25, 0.3) is 0 Å². The minimum Gasteiger partial charge on any atom is -0.456 e. The molecule has 4 heterocycles. The number of aromatic nitrogens is 1. The monoisotopic (exact) mass is 779 g/mol. The van der Waals surface area contributed by atoms with Gasteiger partial charge in [-0.25, -0.2) is 9.59 Å². The Bertz CT molecular complexity index is 1800. The summed E-state index contributed by atoms with van der Waals surface area (Å²) in [7, 11) is 3.73. The van der Waals surface area contributed by atoms with Crippen molar-refractivity contribution in [2.24, 2.45) is 23.2 Å². The molecule has 3 fully saturated rings. The van der Waals surface area contributed by atoms with Crippen LogP contribution in [0.3, 0.4) is 0 Å². The van der Waals surface area contributed by atoms with Gasteiger partial charge in [0.05, 0.1) is 23.8 Å². The highest BCUT2D eigenvalue weighted by Gasteiger charge is 2.58. The highest BCUT2D eigenvalue weighted by molar-refractivity contribution is 6.07. The van der Waals surface area contributed by atoms with E-state index in [1.165, 1.54) is 0 Å². The van der Waals surface area contributed by atoms with E-state index in [0.717, 1.165) is 23.4 Å². The number of nitrogens with zero attached hydrogens (tertiary/aromatic N) is 2. The molecule has 3 saturated heterocycles. The van der Waals surface area contributed by atoms with Crippen molar-refractivity contribution in [3.8, 4) is 0 Å². The molecule has 1 aromatic heterocycles. The molecule has 0 spiro atoms. The van der Waals surface area contributed by atoms with Gasteiger partial charge in [-0.1, -0.05) is 65.0 Å². The van der Waals surface area contributed by atoms with E-state index in [1.807, 2.05) is 82.3 Å². The number of ketones is 2. The lowest BCUT2D eigenvalue weighted by molar-refractivity contribution is -0.287. The Morgan fingerprint density at radius 2 is 1.75 bits per heavy atom. The number of pyridine rings is 1. The predicted molar refractivity (Wildman–Crippen MR) is 210 cm³/mol. The lowest BCUT2D eigenvalue weighted by Gasteiger charge is -2.48. The summed E-state index contributed by atoms with van der Waals surface area (Å²) in [5, 5.41) is 27.2. The third-order valence-corrected chi connectivity index (χ3v) is 12.5. The Morgan fingerprint density at radius 1 is 1.05 bits per heavy atom. The molecule has 13 atom stereocenters. The summed E-state index contributed by atoms with van der Waals surface area (Å²) >= 11 is 0. The number of alkyl carbamates (subject to hydrolysis) is 1. The van der Waals surface area contributed by atoms with Gasteiger partial charge in [-0.3, -0.25) is 14.6 Å². The highest BCUT2D eigenvalue weighted by atomic mass is 16.7. The van der Waals surface area contributed by atoms with Crippen LogP contribution in [0.1, 0.15) is 93.1 Å². The maximum Gasteiger partial charge on any atom is 0.408 e. The first-order valence-corrected chi connectivity index (χ1v) is 19.9. The van der Waals surface area contributed by atoms with Gasteiger partial charge in [-0.15, -0.1) is 0 Å². The zero-order valence-corrected chi connectivity index (χ0v) is 34.5. The summed E-state index contributed by atoms with van der Waals surface area (Å²) in [5.74, 6) is -4.77.